The predicted octanol–water partition coefficient (Wildman–Crippen LogP) is 2.50. The fourth-order valence-corrected chi connectivity index (χ4v) is 3.14. The Labute approximate surface area is 117 Å². The molecule has 0 radical (unpaired) electrons. The third-order valence-electron chi connectivity index (χ3n) is 3.17. The number of amides is 1. The van der Waals surface area contributed by atoms with Crippen molar-refractivity contribution in [2.45, 2.75) is 12.8 Å². The van der Waals surface area contributed by atoms with Gasteiger partial charge < -0.3 is 10.6 Å². The highest BCUT2D eigenvalue weighted by Crippen LogP contribution is 2.18. The van der Waals surface area contributed by atoms with E-state index in [1.165, 1.54) is 25.0 Å². The lowest BCUT2D eigenvalue weighted by Gasteiger charge is -2.21. The highest BCUT2D eigenvalue weighted by Gasteiger charge is 2.13. The van der Waals surface area contributed by atoms with Crippen molar-refractivity contribution in [3.05, 3.63) is 30.1 Å². The van der Waals surface area contributed by atoms with Gasteiger partial charge in [-0.2, -0.15) is 11.8 Å². The maximum atomic E-state index is 12.7. The van der Waals surface area contributed by atoms with Gasteiger partial charge in [0.25, 0.3) is 0 Å². The molecule has 19 heavy (non-hydrogen) atoms. The van der Waals surface area contributed by atoms with Gasteiger partial charge in [0.05, 0.1) is 5.75 Å². The van der Waals surface area contributed by atoms with E-state index in [1.54, 1.807) is 23.9 Å². The molecule has 0 aliphatic carbocycles. The van der Waals surface area contributed by atoms with E-state index in [4.69, 9.17) is 0 Å². The quantitative estimate of drug-likeness (QED) is 0.872. The number of hydrogen-bond donors (Lipinski definition) is 2. The summed E-state index contributed by atoms with van der Waals surface area (Å²) in [5, 5.41) is 6.10. The Morgan fingerprint density at radius 2 is 2.00 bits per heavy atom. The minimum absolute atomic E-state index is 0.0226. The van der Waals surface area contributed by atoms with E-state index < -0.39 is 0 Å². The number of carbonyl (C=O) groups excluding carboxylic acids is 1. The SMILES string of the molecule is O=C(CSCC1CCNCC1)Nc1ccc(F)cc1. The summed E-state index contributed by atoms with van der Waals surface area (Å²) in [6.07, 6.45) is 2.40. The maximum absolute atomic E-state index is 12.7. The van der Waals surface area contributed by atoms with E-state index in [-0.39, 0.29) is 11.7 Å². The van der Waals surface area contributed by atoms with Crippen LogP contribution in [0.4, 0.5) is 10.1 Å². The molecule has 1 saturated heterocycles. The first-order valence-electron chi connectivity index (χ1n) is 6.58. The van der Waals surface area contributed by atoms with Crippen molar-refractivity contribution in [2.24, 2.45) is 5.92 Å². The average molecular weight is 282 g/mol. The Morgan fingerprint density at radius 3 is 2.68 bits per heavy atom. The number of carbonyl (C=O) groups is 1. The van der Waals surface area contributed by atoms with Crippen molar-refractivity contribution < 1.29 is 9.18 Å². The van der Waals surface area contributed by atoms with Gasteiger partial charge in [-0.05, 0) is 61.9 Å². The number of piperidine rings is 1. The zero-order valence-electron chi connectivity index (χ0n) is 10.8. The van der Waals surface area contributed by atoms with Gasteiger partial charge in [0, 0.05) is 5.69 Å². The van der Waals surface area contributed by atoms with Crippen molar-refractivity contribution in [1.29, 1.82) is 0 Å². The second-order valence-electron chi connectivity index (χ2n) is 4.76. The number of nitrogens with one attached hydrogen (secondary N) is 2. The van der Waals surface area contributed by atoms with E-state index in [0.717, 1.165) is 24.8 Å². The van der Waals surface area contributed by atoms with E-state index in [9.17, 15) is 9.18 Å². The molecule has 3 nitrogen and oxygen atoms in total. The molecule has 0 aromatic heterocycles. The predicted molar refractivity (Wildman–Crippen MR) is 77.9 cm³/mol. The molecule has 0 atom stereocenters. The van der Waals surface area contributed by atoms with Crippen LogP contribution in [0.5, 0.6) is 0 Å². The molecule has 1 fully saturated rings. The summed E-state index contributed by atoms with van der Waals surface area (Å²) in [5.41, 5.74) is 0.647. The first-order chi connectivity index (χ1) is 9.24. The van der Waals surface area contributed by atoms with Crippen molar-refractivity contribution in [3.8, 4) is 0 Å². The molecule has 104 valence electrons. The minimum Gasteiger partial charge on any atom is -0.325 e. The molecule has 5 heteroatoms. The van der Waals surface area contributed by atoms with Crippen LogP contribution in [-0.2, 0) is 4.79 Å². The Morgan fingerprint density at radius 1 is 1.32 bits per heavy atom. The molecule has 0 bridgehead atoms. The first kappa shape index (κ1) is 14.3. The summed E-state index contributed by atoms with van der Waals surface area (Å²) >= 11 is 1.68. The lowest BCUT2D eigenvalue weighted by atomic mass is 10.0. The number of benzene rings is 1. The van der Waals surface area contributed by atoms with Gasteiger partial charge in [-0.3, -0.25) is 4.79 Å². The van der Waals surface area contributed by atoms with Crippen LogP contribution in [0.25, 0.3) is 0 Å². The average Bonchev–Trinajstić information content (AvgIpc) is 2.43. The summed E-state index contributed by atoms with van der Waals surface area (Å²) in [7, 11) is 0. The maximum Gasteiger partial charge on any atom is 0.234 e. The highest BCUT2D eigenvalue weighted by atomic mass is 32.2. The molecule has 1 aromatic rings. The third-order valence-corrected chi connectivity index (χ3v) is 4.35. The molecular weight excluding hydrogens is 263 g/mol. The van der Waals surface area contributed by atoms with Crippen LogP contribution < -0.4 is 10.6 Å². The van der Waals surface area contributed by atoms with Gasteiger partial charge >= 0.3 is 0 Å². The fraction of sp³-hybridized carbons (Fsp3) is 0.500. The molecular formula is C14H19FN2OS. The molecule has 0 unspecified atom stereocenters. The monoisotopic (exact) mass is 282 g/mol. The Bertz CT molecular complexity index is 404. The van der Waals surface area contributed by atoms with Crippen LogP contribution in [0.3, 0.4) is 0 Å². The van der Waals surface area contributed by atoms with E-state index >= 15 is 0 Å². The second-order valence-corrected chi connectivity index (χ2v) is 5.79. The number of anilines is 1. The number of halogens is 1. The molecule has 1 aliphatic rings. The summed E-state index contributed by atoms with van der Waals surface area (Å²) in [5.74, 6) is 1.91. The fourth-order valence-electron chi connectivity index (χ4n) is 2.10. The largest absolute Gasteiger partial charge is 0.325 e. The second kappa shape index (κ2) is 7.50. The molecule has 0 saturated carbocycles. The van der Waals surface area contributed by atoms with Gasteiger partial charge in [-0.15, -0.1) is 0 Å². The van der Waals surface area contributed by atoms with Crippen molar-refractivity contribution in [3.63, 3.8) is 0 Å². The highest BCUT2D eigenvalue weighted by molar-refractivity contribution is 7.99. The summed E-state index contributed by atoms with van der Waals surface area (Å²) < 4.78 is 12.7. The lowest BCUT2D eigenvalue weighted by Crippen LogP contribution is -2.29. The Balaban J connectivity index is 1.65. The molecule has 1 aromatic carbocycles. The van der Waals surface area contributed by atoms with Crippen molar-refractivity contribution in [1.82, 2.24) is 5.32 Å². The van der Waals surface area contributed by atoms with Crippen LogP contribution in [-0.4, -0.2) is 30.5 Å². The molecule has 1 heterocycles. The number of thioether (sulfide) groups is 1. The van der Waals surface area contributed by atoms with Crippen LogP contribution in [0.2, 0.25) is 0 Å². The zero-order chi connectivity index (χ0) is 13.5. The molecule has 1 aliphatic heterocycles. The number of hydrogen-bond acceptors (Lipinski definition) is 3. The topological polar surface area (TPSA) is 41.1 Å². The van der Waals surface area contributed by atoms with E-state index in [0.29, 0.717) is 11.4 Å². The summed E-state index contributed by atoms with van der Waals surface area (Å²) in [6.45, 7) is 2.18. The molecule has 2 rings (SSSR count). The first-order valence-corrected chi connectivity index (χ1v) is 7.73. The van der Waals surface area contributed by atoms with E-state index in [1.807, 2.05) is 0 Å². The van der Waals surface area contributed by atoms with Crippen molar-refractivity contribution >= 4 is 23.4 Å². The molecule has 0 spiro atoms. The molecule has 1 amide bonds. The standard InChI is InChI=1S/C14H19FN2OS/c15-12-1-3-13(4-2-12)17-14(18)10-19-9-11-5-7-16-8-6-11/h1-4,11,16H,5-10H2,(H,17,18). The van der Waals surface area contributed by atoms with Crippen LogP contribution in [0, 0.1) is 11.7 Å². The van der Waals surface area contributed by atoms with Crippen molar-refractivity contribution in [2.75, 3.05) is 29.9 Å². The van der Waals surface area contributed by atoms with Crippen LogP contribution in [0.1, 0.15) is 12.8 Å². The smallest absolute Gasteiger partial charge is 0.234 e. The van der Waals surface area contributed by atoms with Crippen LogP contribution >= 0.6 is 11.8 Å². The Kier molecular flexibility index (Phi) is 5.66. The van der Waals surface area contributed by atoms with Crippen LogP contribution in [0.15, 0.2) is 24.3 Å². The summed E-state index contributed by atoms with van der Waals surface area (Å²) in [6, 6.07) is 5.84. The summed E-state index contributed by atoms with van der Waals surface area (Å²) in [4.78, 5) is 11.7. The van der Waals surface area contributed by atoms with Gasteiger partial charge in [-0.25, -0.2) is 4.39 Å². The van der Waals surface area contributed by atoms with E-state index in [2.05, 4.69) is 10.6 Å². The molecule has 2 N–H and O–H groups in total. The van der Waals surface area contributed by atoms with Gasteiger partial charge in [0.1, 0.15) is 5.82 Å². The third kappa shape index (κ3) is 5.20. The number of rotatable bonds is 5. The minimum atomic E-state index is -0.293. The van der Waals surface area contributed by atoms with Gasteiger partial charge in [0.2, 0.25) is 5.91 Å². The van der Waals surface area contributed by atoms with Gasteiger partial charge in [-0.1, -0.05) is 0 Å². The Hall–Kier alpha value is -1.07. The van der Waals surface area contributed by atoms with Gasteiger partial charge in [0.15, 0.2) is 0 Å². The zero-order valence-corrected chi connectivity index (χ0v) is 11.6. The normalized spacial score (nSPS) is 16.3. The lowest BCUT2D eigenvalue weighted by molar-refractivity contribution is -0.113.